The number of carbonyl (C=O) groups is 1. The van der Waals surface area contributed by atoms with Crippen LogP contribution < -0.4 is 10.9 Å². The molecular weight excluding hydrogens is 346 g/mol. The molecule has 0 spiro atoms. The third-order valence-electron chi connectivity index (χ3n) is 4.17. The van der Waals surface area contributed by atoms with Gasteiger partial charge in [0.15, 0.2) is 0 Å². The molecule has 2 N–H and O–H groups in total. The molecule has 1 aromatic heterocycles. The molecule has 116 valence electrons. The Balaban J connectivity index is 2.04. The Hall–Kier alpha value is -1.66. The number of hydrogen-bond donors (Lipinski definition) is 2. The number of aromatic nitrogens is 1. The summed E-state index contributed by atoms with van der Waals surface area (Å²) in [5, 5.41) is 4.00. The fourth-order valence-electron chi connectivity index (χ4n) is 2.99. The van der Waals surface area contributed by atoms with Crippen LogP contribution in [0.5, 0.6) is 0 Å². The van der Waals surface area contributed by atoms with Crippen LogP contribution in [0.15, 0.2) is 33.5 Å². The molecule has 1 aromatic carbocycles. The van der Waals surface area contributed by atoms with Crippen LogP contribution in [0.4, 0.5) is 0 Å². The van der Waals surface area contributed by atoms with Gasteiger partial charge in [-0.1, -0.05) is 12.1 Å². The molecule has 1 saturated heterocycles. The summed E-state index contributed by atoms with van der Waals surface area (Å²) in [7, 11) is 1.92. The first kappa shape index (κ1) is 15.2. The highest BCUT2D eigenvalue weighted by molar-refractivity contribution is 9.10. The van der Waals surface area contributed by atoms with E-state index in [0.717, 1.165) is 29.2 Å². The lowest BCUT2D eigenvalue weighted by Crippen LogP contribution is -2.47. The maximum absolute atomic E-state index is 12.9. The fraction of sp³-hybridized carbons (Fsp3) is 0.375. The van der Waals surface area contributed by atoms with Crippen LogP contribution in [0.3, 0.4) is 0 Å². The number of nitrogens with one attached hydrogen (secondary N) is 2. The molecule has 22 heavy (non-hydrogen) atoms. The quantitative estimate of drug-likeness (QED) is 0.858. The van der Waals surface area contributed by atoms with Crippen LogP contribution in [0.25, 0.3) is 10.9 Å². The molecule has 1 aliphatic heterocycles. The van der Waals surface area contributed by atoms with Gasteiger partial charge in [-0.15, -0.1) is 0 Å². The molecule has 1 fully saturated rings. The first-order valence-electron chi connectivity index (χ1n) is 7.38. The van der Waals surface area contributed by atoms with E-state index < -0.39 is 0 Å². The standard InChI is InChI=1S/C16H18BrN3O2/c1-18-10-4-3-7-20(9-10)16(22)12-8-14(21)19-15-11(12)5-2-6-13(15)17/h2,5-6,8,10,18H,3-4,7,9H2,1H3,(H,19,21)/t10-/m1/s1. The average molecular weight is 364 g/mol. The molecule has 2 aromatic rings. The minimum atomic E-state index is -0.259. The van der Waals surface area contributed by atoms with E-state index in [0.29, 0.717) is 23.7 Å². The Kier molecular flexibility index (Phi) is 4.31. The number of hydrogen-bond acceptors (Lipinski definition) is 3. The van der Waals surface area contributed by atoms with Gasteiger partial charge in [0.25, 0.3) is 5.91 Å². The van der Waals surface area contributed by atoms with E-state index in [1.165, 1.54) is 6.07 Å². The molecule has 0 radical (unpaired) electrons. The van der Waals surface area contributed by atoms with E-state index in [1.54, 1.807) is 0 Å². The van der Waals surface area contributed by atoms with Gasteiger partial charge in [0.2, 0.25) is 5.56 Å². The lowest BCUT2D eigenvalue weighted by atomic mass is 10.0. The van der Waals surface area contributed by atoms with Crippen molar-refractivity contribution in [2.45, 2.75) is 18.9 Å². The number of halogens is 1. The number of aromatic amines is 1. The highest BCUT2D eigenvalue weighted by Gasteiger charge is 2.25. The van der Waals surface area contributed by atoms with E-state index in [1.807, 2.05) is 30.1 Å². The number of H-pyrrole nitrogens is 1. The van der Waals surface area contributed by atoms with Gasteiger partial charge in [0.1, 0.15) is 0 Å². The summed E-state index contributed by atoms with van der Waals surface area (Å²) in [5.41, 5.74) is 0.877. The van der Waals surface area contributed by atoms with Gasteiger partial charge < -0.3 is 15.2 Å². The maximum Gasteiger partial charge on any atom is 0.254 e. The Labute approximate surface area is 136 Å². The van der Waals surface area contributed by atoms with E-state index in [2.05, 4.69) is 26.2 Å². The van der Waals surface area contributed by atoms with E-state index in [-0.39, 0.29) is 11.5 Å². The van der Waals surface area contributed by atoms with Crippen molar-refractivity contribution in [2.24, 2.45) is 0 Å². The van der Waals surface area contributed by atoms with Crippen LogP contribution >= 0.6 is 15.9 Å². The van der Waals surface area contributed by atoms with Crippen molar-refractivity contribution in [2.75, 3.05) is 20.1 Å². The monoisotopic (exact) mass is 363 g/mol. The third-order valence-corrected chi connectivity index (χ3v) is 4.84. The number of carbonyl (C=O) groups excluding carboxylic acids is 1. The van der Waals surface area contributed by atoms with Gasteiger partial charge in [-0.2, -0.15) is 0 Å². The summed E-state index contributed by atoms with van der Waals surface area (Å²) >= 11 is 3.43. The number of piperidine rings is 1. The zero-order chi connectivity index (χ0) is 15.7. The molecule has 1 atom stereocenters. The van der Waals surface area contributed by atoms with Crippen molar-refractivity contribution in [1.29, 1.82) is 0 Å². The van der Waals surface area contributed by atoms with Gasteiger partial charge in [0.05, 0.1) is 11.1 Å². The number of para-hydroxylation sites is 1. The van der Waals surface area contributed by atoms with Crippen molar-refractivity contribution in [1.82, 2.24) is 15.2 Å². The number of likely N-dealkylation sites (tertiary alicyclic amines) is 1. The number of nitrogens with zero attached hydrogens (tertiary/aromatic N) is 1. The molecule has 3 rings (SSSR count). The number of fused-ring (bicyclic) bond motifs is 1. The van der Waals surface area contributed by atoms with Crippen molar-refractivity contribution in [3.8, 4) is 0 Å². The topological polar surface area (TPSA) is 65.2 Å². The van der Waals surface area contributed by atoms with E-state index in [4.69, 9.17) is 0 Å². The smallest absolute Gasteiger partial charge is 0.254 e. The van der Waals surface area contributed by atoms with Crippen LogP contribution in [0.1, 0.15) is 23.2 Å². The van der Waals surface area contributed by atoms with E-state index in [9.17, 15) is 9.59 Å². The van der Waals surface area contributed by atoms with Crippen LogP contribution in [0, 0.1) is 0 Å². The minimum Gasteiger partial charge on any atom is -0.337 e. The molecule has 1 aliphatic rings. The van der Waals surface area contributed by atoms with Gasteiger partial charge in [-0.3, -0.25) is 9.59 Å². The lowest BCUT2D eigenvalue weighted by molar-refractivity contribution is 0.0700. The van der Waals surface area contributed by atoms with Gasteiger partial charge >= 0.3 is 0 Å². The molecule has 6 heteroatoms. The lowest BCUT2D eigenvalue weighted by Gasteiger charge is -2.32. The average Bonchev–Trinajstić information content (AvgIpc) is 2.54. The normalized spacial score (nSPS) is 18.6. The van der Waals surface area contributed by atoms with Crippen LogP contribution in [0.2, 0.25) is 0 Å². The predicted octanol–water partition coefficient (Wildman–Crippen LogP) is 2.11. The maximum atomic E-state index is 12.9. The molecule has 1 amide bonds. The summed E-state index contributed by atoms with van der Waals surface area (Å²) in [4.78, 5) is 29.4. The highest BCUT2D eigenvalue weighted by Crippen LogP contribution is 2.24. The van der Waals surface area contributed by atoms with Crippen molar-refractivity contribution in [3.05, 3.63) is 44.7 Å². The van der Waals surface area contributed by atoms with Gasteiger partial charge in [-0.05, 0) is 41.9 Å². The second kappa shape index (κ2) is 6.22. The van der Waals surface area contributed by atoms with Crippen molar-refractivity contribution < 1.29 is 4.79 Å². The first-order chi connectivity index (χ1) is 10.6. The molecular formula is C16H18BrN3O2. The fourth-order valence-corrected chi connectivity index (χ4v) is 3.45. The minimum absolute atomic E-state index is 0.0749. The van der Waals surface area contributed by atoms with Crippen LogP contribution in [-0.4, -0.2) is 42.0 Å². The number of benzene rings is 1. The van der Waals surface area contributed by atoms with Crippen molar-refractivity contribution >= 4 is 32.7 Å². The summed E-state index contributed by atoms with van der Waals surface area (Å²) < 4.78 is 0.781. The Morgan fingerprint density at radius 1 is 1.45 bits per heavy atom. The second-order valence-corrected chi connectivity index (χ2v) is 6.44. The molecule has 0 unspecified atom stereocenters. The number of pyridine rings is 1. The van der Waals surface area contributed by atoms with Crippen molar-refractivity contribution in [3.63, 3.8) is 0 Å². The number of amides is 1. The zero-order valence-electron chi connectivity index (χ0n) is 12.4. The zero-order valence-corrected chi connectivity index (χ0v) is 13.9. The summed E-state index contributed by atoms with van der Waals surface area (Å²) in [6.45, 7) is 1.41. The Morgan fingerprint density at radius 2 is 2.27 bits per heavy atom. The number of likely N-dealkylation sites (N-methyl/N-ethyl adjacent to an activating group) is 1. The SMILES string of the molecule is CN[C@@H]1CCCN(C(=O)c2cc(=O)[nH]c3c(Br)cccc23)C1. The van der Waals surface area contributed by atoms with E-state index >= 15 is 0 Å². The molecule has 0 saturated carbocycles. The Bertz CT molecular complexity index is 772. The summed E-state index contributed by atoms with van der Waals surface area (Å²) in [6, 6.07) is 7.30. The van der Waals surface area contributed by atoms with Gasteiger partial charge in [0, 0.05) is 35.1 Å². The second-order valence-electron chi connectivity index (χ2n) is 5.59. The highest BCUT2D eigenvalue weighted by atomic mass is 79.9. The first-order valence-corrected chi connectivity index (χ1v) is 8.17. The summed E-state index contributed by atoms with van der Waals surface area (Å²) in [6.07, 6.45) is 2.05. The number of rotatable bonds is 2. The molecule has 2 heterocycles. The van der Waals surface area contributed by atoms with Crippen LogP contribution in [-0.2, 0) is 0 Å². The summed E-state index contributed by atoms with van der Waals surface area (Å²) in [5.74, 6) is -0.0749. The third kappa shape index (κ3) is 2.80. The van der Waals surface area contributed by atoms with Gasteiger partial charge in [-0.25, -0.2) is 0 Å². The largest absolute Gasteiger partial charge is 0.337 e. The molecule has 0 bridgehead atoms. The molecule has 5 nitrogen and oxygen atoms in total. The molecule has 0 aliphatic carbocycles. The Morgan fingerprint density at radius 3 is 3.05 bits per heavy atom. The predicted molar refractivity (Wildman–Crippen MR) is 90.3 cm³/mol.